The number of halogens is 1. The van der Waals surface area contributed by atoms with Crippen molar-refractivity contribution in [3.8, 4) is 11.5 Å². The van der Waals surface area contributed by atoms with Crippen molar-refractivity contribution in [2.75, 3.05) is 13.2 Å². The fraction of sp³-hybridized carbons (Fsp3) is 0.188. The number of rotatable bonds is 4. The number of hydrogen-bond acceptors (Lipinski definition) is 6. The number of sulfonamides is 1. The number of ether oxygens (including phenoxy) is 2. The van der Waals surface area contributed by atoms with E-state index in [2.05, 4.69) is 11.0 Å². The summed E-state index contributed by atoms with van der Waals surface area (Å²) in [6.45, 7) is 5.13. The molecule has 0 fully saturated rings. The van der Waals surface area contributed by atoms with E-state index >= 15 is 0 Å². The summed E-state index contributed by atoms with van der Waals surface area (Å²) in [6, 6.07) is 6.69. The van der Waals surface area contributed by atoms with Gasteiger partial charge in [-0.1, -0.05) is 29.0 Å². The van der Waals surface area contributed by atoms with Gasteiger partial charge in [0.2, 0.25) is 4.80 Å². The highest BCUT2D eigenvalue weighted by atomic mass is 35.5. The summed E-state index contributed by atoms with van der Waals surface area (Å²) in [5.74, 6) is 1.29. The van der Waals surface area contributed by atoms with Crippen LogP contribution in [0.25, 0.3) is 10.2 Å². The minimum atomic E-state index is -3.85. The van der Waals surface area contributed by atoms with Crippen molar-refractivity contribution in [2.24, 2.45) is 4.40 Å². The van der Waals surface area contributed by atoms with Gasteiger partial charge in [-0.2, -0.15) is 8.42 Å². The van der Waals surface area contributed by atoms with Crippen LogP contribution in [-0.4, -0.2) is 26.2 Å². The van der Waals surface area contributed by atoms with E-state index in [9.17, 15) is 8.42 Å². The summed E-state index contributed by atoms with van der Waals surface area (Å²) in [5.41, 5.74) is 0.817. The van der Waals surface area contributed by atoms with Crippen LogP contribution in [0.1, 0.15) is 0 Å². The largest absolute Gasteiger partial charge is 0.486 e. The molecule has 0 spiro atoms. The minimum absolute atomic E-state index is 0.107. The maximum atomic E-state index is 12.6. The lowest BCUT2D eigenvalue weighted by atomic mass is 10.2. The van der Waals surface area contributed by atoms with Gasteiger partial charge in [0.25, 0.3) is 10.0 Å². The van der Waals surface area contributed by atoms with Crippen molar-refractivity contribution in [3.63, 3.8) is 0 Å². The Labute approximate surface area is 162 Å². The van der Waals surface area contributed by atoms with Crippen molar-refractivity contribution in [2.45, 2.75) is 10.8 Å². The quantitative estimate of drug-likeness (QED) is 0.594. The maximum absolute atomic E-state index is 12.6. The van der Waals surface area contributed by atoms with Crippen molar-refractivity contribution in [3.05, 3.63) is 46.1 Å². The number of thiazole rings is 1. The number of nitrogens with zero attached hydrogens (tertiary/aromatic N) is 2. The fourth-order valence-corrected chi connectivity index (χ4v) is 6.28. The molecule has 0 saturated carbocycles. The molecule has 10 heteroatoms. The SMILES string of the molecule is C=CCn1/c(=N/S(=O)(=O)c2ccc(Cl)s2)sc2cc3c(cc21)OCCO3. The summed E-state index contributed by atoms with van der Waals surface area (Å²) < 4.78 is 43.6. The number of hydrogen-bond donors (Lipinski definition) is 0. The molecule has 136 valence electrons. The highest BCUT2D eigenvalue weighted by molar-refractivity contribution is 7.92. The van der Waals surface area contributed by atoms with Crippen LogP contribution in [0, 0.1) is 0 Å². The van der Waals surface area contributed by atoms with Crippen LogP contribution in [0.15, 0.2) is 45.5 Å². The number of thiophene rings is 1. The van der Waals surface area contributed by atoms with E-state index in [0.717, 1.165) is 21.6 Å². The maximum Gasteiger partial charge on any atom is 0.294 e. The molecule has 0 saturated heterocycles. The van der Waals surface area contributed by atoms with Crippen LogP contribution in [0.2, 0.25) is 4.34 Å². The first kappa shape index (κ1) is 17.6. The molecule has 0 radical (unpaired) electrons. The molecule has 1 aliphatic heterocycles. The molecule has 0 N–H and O–H groups in total. The molecule has 2 aromatic heterocycles. The Morgan fingerprint density at radius 2 is 1.96 bits per heavy atom. The molecule has 1 aromatic carbocycles. The van der Waals surface area contributed by atoms with Crippen molar-refractivity contribution in [1.82, 2.24) is 4.57 Å². The van der Waals surface area contributed by atoms with Gasteiger partial charge < -0.3 is 14.0 Å². The van der Waals surface area contributed by atoms with Gasteiger partial charge in [0.1, 0.15) is 17.4 Å². The highest BCUT2D eigenvalue weighted by Crippen LogP contribution is 2.35. The molecule has 3 heterocycles. The second-order valence-corrected chi connectivity index (χ2v) is 9.93. The van der Waals surface area contributed by atoms with Gasteiger partial charge in [0.05, 0.1) is 14.6 Å². The molecule has 0 atom stereocenters. The molecule has 1 aliphatic rings. The van der Waals surface area contributed by atoms with Crippen LogP contribution in [0.4, 0.5) is 0 Å². The van der Waals surface area contributed by atoms with E-state index in [1.807, 2.05) is 12.1 Å². The summed E-state index contributed by atoms with van der Waals surface area (Å²) in [6.07, 6.45) is 1.69. The number of fused-ring (bicyclic) bond motifs is 2. The second kappa shape index (κ2) is 6.73. The van der Waals surface area contributed by atoms with Gasteiger partial charge in [0.15, 0.2) is 11.5 Å². The predicted molar refractivity (Wildman–Crippen MR) is 103 cm³/mol. The standard InChI is InChI=1S/C16H13ClN2O4S3/c1-2-5-19-10-8-11-12(23-7-6-22-11)9-13(10)24-16(19)18-26(20,21)15-4-3-14(17)25-15/h2-4,8-9H,1,5-7H2/b18-16-. The molecule has 4 rings (SSSR count). The van der Waals surface area contributed by atoms with Crippen molar-refractivity contribution in [1.29, 1.82) is 0 Å². The van der Waals surface area contributed by atoms with Crippen LogP contribution in [-0.2, 0) is 16.6 Å². The Morgan fingerprint density at radius 1 is 1.23 bits per heavy atom. The first-order valence-corrected chi connectivity index (χ1v) is 11.0. The van der Waals surface area contributed by atoms with E-state index in [0.29, 0.717) is 40.4 Å². The van der Waals surface area contributed by atoms with E-state index < -0.39 is 10.0 Å². The van der Waals surface area contributed by atoms with Crippen molar-refractivity contribution < 1.29 is 17.9 Å². The van der Waals surface area contributed by atoms with Crippen molar-refractivity contribution >= 4 is 54.5 Å². The normalized spacial score (nSPS) is 14.7. The van der Waals surface area contributed by atoms with Gasteiger partial charge in [-0.25, -0.2) is 0 Å². The zero-order valence-corrected chi connectivity index (χ0v) is 16.6. The van der Waals surface area contributed by atoms with Crippen LogP contribution >= 0.6 is 34.3 Å². The molecule has 3 aromatic rings. The molecule has 0 aliphatic carbocycles. The number of benzene rings is 1. The molecule has 0 bridgehead atoms. The molecular formula is C16H13ClN2O4S3. The lowest BCUT2D eigenvalue weighted by molar-refractivity contribution is 0.172. The summed E-state index contributed by atoms with van der Waals surface area (Å²) in [5, 5.41) is 0. The highest BCUT2D eigenvalue weighted by Gasteiger charge is 2.19. The number of aromatic nitrogens is 1. The van der Waals surface area contributed by atoms with E-state index in [1.54, 1.807) is 16.7 Å². The van der Waals surface area contributed by atoms with Crippen LogP contribution in [0.5, 0.6) is 11.5 Å². The third-order valence-electron chi connectivity index (χ3n) is 3.66. The Hall–Kier alpha value is -1.81. The zero-order valence-electron chi connectivity index (χ0n) is 13.3. The number of allylic oxidation sites excluding steroid dienone is 1. The Morgan fingerprint density at radius 3 is 2.62 bits per heavy atom. The van der Waals surface area contributed by atoms with Gasteiger partial charge in [-0.05, 0) is 12.1 Å². The van der Waals surface area contributed by atoms with Crippen LogP contribution in [0.3, 0.4) is 0 Å². The predicted octanol–water partition coefficient (Wildman–Crippen LogP) is 3.66. The van der Waals surface area contributed by atoms with Gasteiger partial charge in [0, 0.05) is 18.7 Å². The molecule has 26 heavy (non-hydrogen) atoms. The van der Waals surface area contributed by atoms with Gasteiger partial charge in [-0.3, -0.25) is 0 Å². The van der Waals surface area contributed by atoms with Gasteiger partial charge >= 0.3 is 0 Å². The molecule has 0 amide bonds. The monoisotopic (exact) mass is 428 g/mol. The lowest BCUT2D eigenvalue weighted by Gasteiger charge is -2.18. The summed E-state index contributed by atoms with van der Waals surface area (Å²) in [4.78, 5) is 0.353. The first-order chi connectivity index (χ1) is 12.5. The lowest BCUT2D eigenvalue weighted by Crippen LogP contribution is -2.17. The second-order valence-electron chi connectivity index (χ2n) is 5.37. The Kier molecular flexibility index (Phi) is 4.55. The Bertz CT molecular complexity index is 1170. The Balaban J connectivity index is 1.94. The van der Waals surface area contributed by atoms with E-state index in [4.69, 9.17) is 21.1 Å². The fourth-order valence-electron chi connectivity index (χ4n) is 2.57. The third kappa shape index (κ3) is 3.16. The first-order valence-electron chi connectivity index (χ1n) is 7.58. The zero-order chi connectivity index (χ0) is 18.3. The average molecular weight is 429 g/mol. The van der Waals surface area contributed by atoms with Gasteiger partial charge in [-0.15, -0.1) is 22.3 Å². The van der Waals surface area contributed by atoms with E-state index in [-0.39, 0.29) is 4.21 Å². The smallest absolute Gasteiger partial charge is 0.294 e. The topological polar surface area (TPSA) is 69.9 Å². The third-order valence-corrected chi connectivity index (χ3v) is 7.78. The summed E-state index contributed by atoms with van der Waals surface area (Å²) in [7, 11) is -3.85. The molecular weight excluding hydrogens is 416 g/mol. The van der Waals surface area contributed by atoms with Crippen LogP contribution < -0.4 is 14.3 Å². The average Bonchev–Trinajstić information content (AvgIpc) is 3.18. The van der Waals surface area contributed by atoms with E-state index in [1.165, 1.54) is 17.4 Å². The minimum Gasteiger partial charge on any atom is -0.486 e. The molecule has 0 unspecified atom stereocenters. The molecule has 6 nitrogen and oxygen atoms in total. The summed E-state index contributed by atoms with van der Waals surface area (Å²) >= 11 is 8.11.